The fraction of sp³-hybridized carbons (Fsp3) is 0.917. The number of fused-ring (bicyclic) bond motifs is 2. The second-order valence-corrected chi connectivity index (χ2v) is 5.25. The van der Waals surface area contributed by atoms with Crippen LogP contribution in [0.1, 0.15) is 19.8 Å². The van der Waals surface area contributed by atoms with Gasteiger partial charge in [0.1, 0.15) is 0 Å². The fourth-order valence-electron chi connectivity index (χ4n) is 3.08. The molecule has 4 nitrogen and oxygen atoms in total. The maximum atomic E-state index is 12.0. The molecule has 2 rings (SSSR count). The predicted molar refractivity (Wildman–Crippen MR) is 64.3 cm³/mol. The number of nitrogens with zero attached hydrogens (tertiary/aromatic N) is 3. The van der Waals surface area contributed by atoms with Crippen molar-refractivity contribution in [2.75, 3.05) is 40.3 Å². The Hall–Kier alpha value is -0.610. The summed E-state index contributed by atoms with van der Waals surface area (Å²) in [6, 6.07) is 1.24. The van der Waals surface area contributed by atoms with Gasteiger partial charge in [0.05, 0.1) is 6.54 Å². The van der Waals surface area contributed by atoms with Gasteiger partial charge in [-0.2, -0.15) is 0 Å². The Morgan fingerprint density at radius 3 is 2.25 bits per heavy atom. The lowest BCUT2D eigenvalue weighted by molar-refractivity contribution is -0.135. The minimum absolute atomic E-state index is 0.289. The molecule has 0 aromatic carbocycles. The molecule has 0 N–H and O–H groups in total. The highest BCUT2D eigenvalue weighted by Crippen LogP contribution is 2.29. The molecule has 2 atom stereocenters. The summed E-state index contributed by atoms with van der Waals surface area (Å²) in [5.74, 6) is 0.289. The summed E-state index contributed by atoms with van der Waals surface area (Å²) in [6.45, 7) is 5.78. The van der Waals surface area contributed by atoms with Crippen LogP contribution in [0.3, 0.4) is 0 Å². The molecule has 2 heterocycles. The molecule has 0 aromatic rings. The quantitative estimate of drug-likeness (QED) is 0.688. The van der Waals surface area contributed by atoms with Crippen molar-refractivity contribution in [3.8, 4) is 0 Å². The van der Waals surface area contributed by atoms with Gasteiger partial charge in [-0.3, -0.25) is 9.69 Å². The third-order valence-corrected chi connectivity index (χ3v) is 3.80. The lowest BCUT2D eigenvalue weighted by Crippen LogP contribution is -2.56. The van der Waals surface area contributed by atoms with Gasteiger partial charge in [-0.15, -0.1) is 0 Å². The fourth-order valence-corrected chi connectivity index (χ4v) is 3.08. The van der Waals surface area contributed by atoms with Gasteiger partial charge in [-0.25, -0.2) is 0 Å². The normalized spacial score (nSPS) is 30.1. The largest absolute Gasteiger partial charge is 0.338 e. The minimum atomic E-state index is 0.289. The van der Waals surface area contributed by atoms with Crippen LogP contribution in [0.5, 0.6) is 0 Å². The first kappa shape index (κ1) is 11.9. The second kappa shape index (κ2) is 4.72. The zero-order valence-corrected chi connectivity index (χ0v) is 10.6. The molecule has 2 aliphatic rings. The lowest BCUT2D eigenvalue weighted by atomic mass is 10.2. The molecule has 0 aliphatic carbocycles. The standard InChI is InChI=1S/C12H23N3O/c1-4-15-10-5-6-11(15)8-14(7-10)12(16)9-13(2)3/h10-11H,4-9H2,1-3H3. The van der Waals surface area contributed by atoms with Crippen molar-refractivity contribution in [3.63, 3.8) is 0 Å². The molecule has 0 saturated carbocycles. The van der Waals surface area contributed by atoms with Crippen molar-refractivity contribution in [1.82, 2.24) is 14.7 Å². The Balaban J connectivity index is 1.94. The van der Waals surface area contributed by atoms with Crippen LogP contribution in [-0.2, 0) is 4.79 Å². The molecular weight excluding hydrogens is 202 g/mol. The predicted octanol–water partition coefficient (Wildman–Crippen LogP) is 0.243. The molecule has 2 bridgehead atoms. The van der Waals surface area contributed by atoms with Gasteiger partial charge in [0, 0.05) is 25.2 Å². The maximum absolute atomic E-state index is 12.0. The Labute approximate surface area is 98.2 Å². The molecule has 0 spiro atoms. The highest BCUT2D eigenvalue weighted by Gasteiger charge is 2.40. The minimum Gasteiger partial charge on any atom is -0.338 e. The van der Waals surface area contributed by atoms with E-state index in [1.54, 1.807) is 0 Å². The molecule has 2 fully saturated rings. The SMILES string of the molecule is CCN1C2CCC1CN(C(=O)CN(C)C)C2. The van der Waals surface area contributed by atoms with E-state index in [1.165, 1.54) is 12.8 Å². The second-order valence-electron chi connectivity index (χ2n) is 5.25. The van der Waals surface area contributed by atoms with E-state index in [0.29, 0.717) is 18.6 Å². The number of likely N-dealkylation sites (N-methyl/N-ethyl adjacent to an activating group) is 2. The molecule has 0 radical (unpaired) electrons. The zero-order valence-electron chi connectivity index (χ0n) is 10.6. The number of hydrogen-bond acceptors (Lipinski definition) is 3. The Morgan fingerprint density at radius 2 is 1.81 bits per heavy atom. The van der Waals surface area contributed by atoms with Crippen molar-refractivity contribution < 1.29 is 4.79 Å². The van der Waals surface area contributed by atoms with Gasteiger partial charge in [-0.05, 0) is 33.5 Å². The molecule has 4 heteroatoms. The first-order chi connectivity index (χ1) is 7.61. The van der Waals surface area contributed by atoms with Crippen LogP contribution in [0.4, 0.5) is 0 Å². The molecule has 2 saturated heterocycles. The zero-order chi connectivity index (χ0) is 11.7. The summed E-state index contributed by atoms with van der Waals surface area (Å²) in [5, 5.41) is 0. The van der Waals surface area contributed by atoms with Crippen LogP contribution < -0.4 is 0 Å². The summed E-state index contributed by atoms with van der Waals surface area (Å²) in [5.41, 5.74) is 0. The van der Waals surface area contributed by atoms with Gasteiger partial charge in [0.2, 0.25) is 5.91 Å². The van der Waals surface area contributed by atoms with Crippen LogP contribution in [0.15, 0.2) is 0 Å². The van der Waals surface area contributed by atoms with Gasteiger partial charge >= 0.3 is 0 Å². The smallest absolute Gasteiger partial charge is 0.236 e. The van der Waals surface area contributed by atoms with Gasteiger partial charge < -0.3 is 9.80 Å². The van der Waals surface area contributed by atoms with Crippen molar-refractivity contribution >= 4 is 5.91 Å². The van der Waals surface area contributed by atoms with Crippen molar-refractivity contribution in [2.24, 2.45) is 0 Å². The Kier molecular flexibility index (Phi) is 3.50. The van der Waals surface area contributed by atoms with Crippen molar-refractivity contribution in [2.45, 2.75) is 31.8 Å². The first-order valence-corrected chi connectivity index (χ1v) is 6.30. The number of piperazine rings is 1. The Morgan fingerprint density at radius 1 is 1.25 bits per heavy atom. The summed E-state index contributed by atoms with van der Waals surface area (Å²) in [4.78, 5) is 18.6. The molecule has 16 heavy (non-hydrogen) atoms. The van der Waals surface area contributed by atoms with Crippen LogP contribution in [0.2, 0.25) is 0 Å². The third kappa shape index (κ3) is 2.23. The summed E-state index contributed by atoms with van der Waals surface area (Å²) < 4.78 is 0. The van der Waals surface area contributed by atoms with Crippen molar-refractivity contribution in [3.05, 3.63) is 0 Å². The molecular formula is C12H23N3O. The number of carbonyl (C=O) groups excluding carboxylic acids is 1. The van der Waals surface area contributed by atoms with Crippen molar-refractivity contribution in [1.29, 1.82) is 0 Å². The van der Waals surface area contributed by atoms with Gasteiger partial charge in [0.15, 0.2) is 0 Å². The maximum Gasteiger partial charge on any atom is 0.236 e. The highest BCUT2D eigenvalue weighted by molar-refractivity contribution is 5.78. The summed E-state index contributed by atoms with van der Waals surface area (Å²) in [7, 11) is 3.91. The monoisotopic (exact) mass is 225 g/mol. The Bertz CT molecular complexity index is 253. The highest BCUT2D eigenvalue weighted by atomic mass is 16.2. The van der Waals surface area contributed by atoms with E-state index in [1.807, 2.05) is 19.0 Å². The average Bonchev–Trinajstić information content (AvgIpc) is 2.46. The molecule has 1 amide bonds. The van der Waals surface area contributed by atoms with Gasteiger partial charge in [-0.1, -0.05) is 6.92 Å². The third-order valence-electron chi connectivity index (χ3n) is 3.80. The first-order valence-electron chi connectivity index (χ1n) is 6.30. The van der Waals surface area contributed by atoms with E-state index in [4.69, 9.17) is 0 Å². The van der Waals surface area contributed by atoms with Crippen LogP contribution in [-0.4, -0.2) is 73.0 Å². The summed E-state index contributed by atoms with van der Waals surface area (Å²) >= 11 is 0. The van der Waals surface area contributed by atoms with Gasteiger partial charge in [0.25, 0.3) is 0 Å². The molecule has 2 aliphatic heterocycles. The van der Waals surface area contributed by atoms with E-state index in [0.717, 1.165) is 19.6 Å². The van der Waals surface area contributed by atoms with E-state index in [2.05, 4.69) is 16.7 Å². The number of rotatable bonds is 3. The van der Waals surface area contributed by atoms with E-state index < -0.39 is 0 Å². The average molecular weight is 225 g/mol. The molecule has 92 valence electrons. The number of carbonyl (C=O) groups is 1. The van der Waals surface area contributed by atoms with E-state index in [9.17, 15) is 4.79 Å². The topological polar surface area (TPSA) is 26.8 Å². The van der Waals surface area contributed by atoms with Crippen LogP contribution in [0.25, 0.3) is 0 Å². The van der Waals surface area contributed by atoms with E-state index in [-0.39, 0.29) is 5.91 Å². The van der Waals surface area contributed by atoms with Crippen LogP contribution >= 0.6 is 0 Å². The lowest BCUT2D eigenvalue weighted by Gasteiger charge is -2.40. The molecule has 2 unspecified atom stereocenters. The molecule has 0 aromatic heterocycles. The number of likely N-dealkylation sites (tertiary alicyclic amines) is 1. The summed E-state index contributed by atoms with van der Waals surface area (Å²) in [6.07, 6.45) is 2.54. The number of amides is 1. The van der Waals surface area contributed by atoms with E-state index >= 15 is 0 Å². The number of hydrogen-bond donors (Lipinski definition) is 0. The van der Waals surface area contributed by atoms with Crippen LogP contribution in [0, 0.1) is 0 Å².